The number of hydrogen-bond acceptors (Lipinski definition) is 4. The number of nitrogens with zero attached hydrogens (tertiary/aromatic N) is 2. The van der Waals surface area contributed by atoms with Gasteiger partial charge in [0.2, 0.25) is 0 Å². The second kappa shape index (κ2) is 6.18. The molecule has 21 heavy (non-hydrogen) atoms. The average Bonchev–Trinajstić information content (AvgIpc) is 2.98. The summed E-state index contributed by atoms with van der Waals surface area (Å²) in [6, 6.07) is 10.4. The third-order valence-electron chi connectivity index (χ3n) is 3.82. The Bertz CT molecular complexity index is 578. The molecule has 1 aromatic heterocycles. The Labute approximate surface area is 125 Å². The molecule has 2 heterocycles. The summed E-state index contributed by atoms with van der Waals surface area (Å²) in [7, 11) is 0. The molecule has 0 radical (unpaired) electrons. The molecule has 112 valence electrons. The van der Waals surface area contributed by atoms with E-state index in [9.17, 15) is 0 Å². The fourth-order valence-electron chi connectivity index (χ4n) is 2.74. The van der Waals surface area contributed by atoms with Crippen LogP contribution in [0.25, 0.3) is 11.3 Å². The Morgan fingerprint density at radius 3 is 2.90 bits per heavy atom. The van der Waals surface area contributed by atoms with Crippen LogP contribution in [0.4, 0.5) is 5.82 Å². The molecule has 0 aliphatic carbocycles. The Balaban J connectivity index is 1.74. The zero-order valence-electron chi connectivity index (χ0n) is 12.4. The highest BCUT2D eigenvalue weighted by atomic mass is 16.5. The van der Waals surface area contributed by atoms with Gasteiger partial charge >= 0.3 is 0 Å². The Kier molecular flexibility index (Phi) is 4.10. The molecule has 1 fully saturated rings. The molecular formula is C16H22N4O. The lowest BCUT2D eigenvalue weighted by Crippen LogP contribution is -2.43. The number of aromatic nitrogens is 2. The second-order valence-electron chi connectivity index (χ2n) is 5.45. The standard InChI is InChI=1S/C16H22N4O/c1-2-21-14-7-5-12(6-8-14)15-10-16(19-18-15)20-9-3-4-13(17)11-20/h5-8,10,13H,2-4,9,11,17H2,1H3,(H,18,19). The molecule has 1 unspecified atom stereocenters. The Morgan fingerprint density at radius 1 is 1.38 bits per heavy atom. The van der Waals surface area contributed by atoms with E-state index in [1.165, 1.54) is 0 Å². The van der Waals surface area contributed by atoms with Gasteiger partial charge in [-0.25, -0.2) is 0 Å². The predicted molar refractivity (Wildman–Crippen MR) is 84.6 cm³/mol. The molecule has 1 atom stereocenters. The lowest BCUT2D eigenvalue weighted by molar-refractivity contribution is 0.340. The Hall–Kier alpha value is -2.01. The lowest BCUT2D eigenvalue weighted by Gasteiger charge is -2.30. The normalized spacial score (nSPS) is 18.8. The number of ether oxygens (including phenoxy) is 1. The first-order valence-corrected chi connectivity index (χ1v) is 7.55. The van der Waals surface area contributed by atoms with Crippen LogP contribution in [-0.2, 0) is 0 Å². The van der Waals surface area contributed by atoms with Crippen molar-refractivity contribution in [3.8, 4) is 17.0 Å². The summed E-state index contributed by atoms with van der Waals surface area (Å²) in [6.07, 6.45) is 2.24. The minimum absolute atomic E-state index is 0.254. The van der Waals surface area contributed by atoms with Gasteiger partial charge in [0, 0.05) is 25.2 Å². The summed E-state index contributed by atoms with van der Waals surface area (Å²) in [5.41, 5.74) is 8.16. The van der Waals surface area contributed by atoms with Crippen molar-refractivity contribution < 1.29 is 4.74 Å². The van der Waals surface area contributed by atoms with Crippen molar-refractivity contribution in [2.75, 3.05) is 24.6 Å². The molecule has 5 heteroatoms. The SMILES string of the molecule is CCOc1ccc(-c2cc(N3CCCC(N)C3)n[nH]2)cc1. The van der Waals surface area contributed by atoms with Gasteiger partial charge in [-0.3, -0.25) is 5.10 Å². The maximum atomic E-state index is 6.03. The zero-order valence-corrected chi connectivity index (χ0v) is 12.4. The van der Waals surface area contributed by atoms with Gasteiger partial charge in [-0.1, -0.05) is 0 Å². The van der Waals surface area contributed by atoms with Crippen molar-refractivity contribution in [3.63, 3.8) is 0 Å². The minimum Gasteiger partial charge on any atom is -0.494 e. The maximum Gasteiger partial charge on any atom is 0.151 e. The van der Waals surface area contributed by atoms with Crippen molar-refractivity contribution in [3.05, 3.63) is 30.3 Å². The van der Waals surface area contributed by atoms with Crippen LogP contribution in [0.15, 0.2) is 30.3 Å². The molecule has 0 bridgehead atoms. The van der Waals surface area contributed by atoms with Crippen LogP contribution in [-0.4, -0.2) is 35.9 Å². The van der Waals surface area contributed by atoms with Gasteiger partial charge in [0.25, 0.3) is 0 Å². The molecule has 3 rings (SSSR count). The molecule has 3 N–H and O–H groups in total. The summed E-state index contributed by atoms with van der Waals surface area (Å²) in [5.74, 6) is 1.87. The number of aromatic amines is 1. The Morgan fingerprint density at radius 2 is 2.19 bits per heavy atom. The predicted octanol–water partition coefficient (Wildman–Crippen LogP) is 2.40. The summed E-state index contributed by atoms with van der Waals surface area (Å²) in [5, 5.41) is 7.54. The summed E-state index contributed by atoms with van der Waals surface area (Å²) in [4.78, 5) is 2.25. The first-order chi connectivity index (χ1) is 10.3. The van der Waals surface area contributed by atoms with Crippen molar-refractivity contribution in [2.24, 2.45) is 5.73 Å². The van der Waals surface area contributed by atoms with E-state index in [0.717, 1.165) is 48.8 Å². The van der Waals surface area contributed by atoms with Crippen molar-refractivity contribution >= 4 is 5.82 Å². The van der Waals surface area contributed by atoms with Gasteiger partial charge in [0.1, 0.15) is 5.75 Å². The highest BCUT2D eigenvalue weighted by molar-refractivity contribution is 5.64. The van der Waals surface area contributed by atoms with Crippen LogP contribution in [0.2, 0.25) is 0 Å². The smallest absolute Gasteiger partial charge is 0.151 e. The van der Waals surface area contributed by atoms with Gasteiger partial charge < -0.3 is 15.4 Å². The van der Waals surface area contributed by atoms with E-state index in [1.54, 1.807) is 0 Å². The molecule has 5 nitrogen and oxygen atoms in total. The molecule has 1 saturated heterocycles. The lowest BCUT2D eigenvalue weighted by atomic mass is 10.1. The van der Waals surface area contributed by atoms with E-state index >= 15 is 0 Å². The highest BCUT2D eigenvalue weighted by Gasteiger charge is 2.19. The van der Waals surface area contributed by atoms with Crippen LogP contribution in [0.5, 0.6) is 5.75 Å². The van der Waals surface area contributed by atoms with Crippen LogP contribution in [0.3, 0.4) is 0 Å². The fourth-order valence-corrected chi connectivity index (χ4v) is 2.74. The molecule has 0 saturated carbocycles. The molecular weight excluding hydrogens is 264 g/mol. The number of piperidine rings is 1. The fraction of sp³-hybridized carbons (Fsp3) is 0.438. The first-order valence-electron chi connectivity index (χ1n) is 7.55. The van der Waals surface area contributed by atoms with Crippen LogP contribution in [0.1, 0.15) is 19.8 Å². The first kappa shape index (κ1) is 13.9. The van der Waals surface area contributed by atoms with Crippen molar-refractivity contribution in [1.82, 2.24) is 10.2 Å². The molecule has 1 aromatic carbocycles. The third-order valence-corrected chi connectivity index (χ3v) is 3.82. The largest absolute Gasteiger partial charge is 0.494 e. The van der Waals surface area contributed by atoms with E-state index < -0.39 is 0 Å². The van der Waals surface area contributed by atoms with Gasteiger partial charge in [0.05, 0.1) is 12.3 Å². The van der Waals surface area contributed by atoms with E-state index in [4.69, 9.17) is 10.5 Å². The van der Waals surface area contributed by atoms with Gasteiger partial charge in [-0.2, -0.15) is 5.10 Å². The van der Waals surface area contributed by atoms with Crippen molar-refractivity contribution in [1.29, 1.82) is 0 Å². The molecule has 1 aliphatic heterocycles. The van der Waals surface area contributed by atoms with E-state index in [0.29, 0.717) is 6.61 Å². The summed E-state index contributed by atoms with van der Waals surface area (Å²) in [6.45, 7) is 4.58. The number of benzene rings is 1. The van der Waals surface area contributed by atoms with Gasteiger partial charge in [0.15, 0.2) is 5.82 Å². The van der Waals surface area contributed by atoms with Crippen LogP contribution >= 0.6 is 0 Å². The van der Waals surface area contributed by atoms with E-state index in [2.05, 4.69) is 21.2 Å². The van der Waals surface area contributed by atoms with Crippen LogP contribution in [0, 0.1) is 0 Å². The molecule has 0 spiro atoms. The van der Waals surface area contributed by atoms with Gasteiger partial charge in [-0.05, 0) is 49.6 Å². The molecule has 1 aliphatic rings. The van der Waals surface area contributed by atoms with Gasteiger partial charge in [-0.15, -0.1) is 0 Å². The molecule has 2 aromatic rings. The quantitative estimate of drug-likeness (QED) is 0.905. The number of anilines is 1. The molecule has 0 amide bonds. The summed E-state index contributed by atoms with van der Waals surface area (Å²) >= 11 is 0. The maximum absolute atomic E-state index is 6.03. The van der Waals surface area contributed by atoms with E-state index in [-0.39, 0.29) is 6.04 Å². The number of nitrogens with two attached hydrogens (primary N) is 1. The number of rotatable bonds is 4. The number of H-pyrrole nitrogens is 1. The van der Waals surface area contributed by atoms with Crippen LogP contribution < -0.4 is 15.4 Å². The topological polar surface area (TPSA) is 67.2 Å². The number of hydrogen-bond donors (Lipinski definition) is 2. The second-order valence-corrected chi connectivity index (χ2v) is 5.45. The van der Waals surface area contributed by atoms with Crippen molar-refractivity contribution in [2.45, 2.75) is 25.8 Å². The minimum atomic E-state index is 0.254. The number of nitrogens with one attached hydrogen (secondary N) is 1. The average molecular weight is 286 g/mol. The highest BCUT2D eigenvalue weighted by Crippen LogP contribution is 2.25. The zero-order chi connectivity index (χ0) is 14.7. The summed E-state index contributed by atoms with van der Waals surface area (Å²) < 4.78 is 5.46. The third kappa shape index (κ3) is 3.19. The monoisotopic (exact) mass is 286 g/mol. The van der Waals surface area contributed by atoms with E-state index in [1.807, 2.05) is 31.2 Å².